The number of benzene rings is 2. The van der Waals surface area contributed by atoms with Crippen LogP contribution in [0.15, 0.2) is 59.6 Å². The molecule has 2 aliphatic rings. The summed E-state index contributed by atoms with van der Waals surface area (Å²) in [5.74, 6) is -1.86. The van der Waals surface area contributed by atoms with Crippen LogP contribution in [-0.4, -0.2) is 17.3 Å². The fourth-order valence-corrected chi connectivity index (χ4v) is 3.70. The number of allylic oxidation sites excluding steroid dienone is 1. The molecule has 1 heterocycles. The van der Waals surface area contributed by atoms with Crippen LogP contribution in [0.5, 0.6) is 0 Å². The molecular weight excluding hydrogens is 310 g/mol. The molecule has 0 spiro atoms. The van der Waals surface area contributed by atoms with Gasteiger partial charge in [0.1, 0.15) is 5.92 Å². The van der Waals surface area contributed by atoms with Crippen molar-refractivity contribution in [2.45, 2.75) is 11.4 Å². The van der Waals surface area contributed by atoms with E-state index in [4.69, 9.17) is 11.6 Å². The average molecular weight is 324 g/mol. The second-order valence-corrected chi connectivity index (χ2v) is 6.43. The van der Waals surface area contributed by atoms with Gasteiger partial charge in [-0.3, -0.25) is 9.79 Å². The molecule has 0 fully saturated rings. The van der Waals surface area contributed by atoms with Gasteiger partial charge in [0, 0.05) is 6.21 Å². The van der Waals surface area contributed by atoms with E-state index >= 15 is 0 Å². The Morgan fingerprint density at radius 2 is 1.96 bits per heavy atom. The van der Waals surface area contributed by atoms with Gasteiger partial charge in [-0.05, 0) is 46.4 Å². The lowest BCUT2D eigenvalue weighted by Crippen LogP contribution is -2.34. The molecule has 0 amide bonds. The van der Waals surface area contributed by atoms with Gasteiger partial charge in [0.2, 0.25) is 0 Å². The molecule has 2 aromatic carbocycles. The van der Waals surface area contributed by atoms with Crippen LogP contribution in [0.4, 0.5) is 0 Å². The van der Waals surface area contributed by atoms with Crippen molar-refractivity contribution in [2.24, 2.45) is 10.9 Å². The second kappa shape index (κ2) is 5.07. The van der Waals surface area contributed by atoms with Crippen LogP contribution < -0.4 is 0 Å². The van der Waals surface area contributed by atoms with Crippen molar-refractivity contribution in [1.29, 1.82) is 0 Å². The Balaban J connectivity index is 1.85. The van der Waals surface area contributed by atoms with Gasteiger partial charge in [-0.25, -0.2) is 0 Å². The maximum Gasteiger partial charge on any atom is 0.314 e. The summed E-state index contributed by atoms with van der Waals surface area (Å²) >= 11 is 6.66. The SMILES string of the molecule is O=C(O)C1C=CC=NC1(Cl)c1ccc2c(c1)-c1ccccc1C2. The number of dihydropyridines is 1. The summed E-state index contributed by atoms with van der Waals surface area (Å²) < 4.78 is 0. The number of aliphatic imine (C=N–C) groups is 1. The monoisotopic (exact) mass is 323 g/mol. The van der Waals surface area contributed by atoms with Crippen LogP contribution in [0.25, 0.3) is 11.1 Å². The van der Waals surface area contributed by atoms with Gasteiger partial charge < -0.3 is 5.11 Å². The molecule has 4 heteroatoms. The molecule has 2 unspecified atom stereocenters. The van der Waals surface area contributed by atoms with E-state index in [0.29, 0.717) is 5.56 Å². The Bertz CT molecular complexity index is 871. The van der Waals surface area contributed by atoms with Gasteiger partial charge in [0.15, 0.2) is 5.00 Å². The molecule has 23 heavy (non-hydrogen) atoms. The van der Waals surface area contributed by atoms with Crippen LogP contribution in [-0.2, 0) is 16.2 Å². The van der Waals surface area contributed by atoms with Crippen molar-refractivity contribution in [3.05, 3.63) is 71.3 Å². The molecule has 0 radical (unpaired) electrons. The fraction of sp³-hybridized carbons (Fsp3) is 0.158. The number of aliphatic carboxylic acids is 1. The topological polar surface area (TPSA) is 49.7 Å². The smallest absolute Gasteiger partial charge is 0.314 e. The van der Waals surface area contributed by atoms with Crippen LogP contribution >= 0.6 is 11.6 Å². The zero-order valence-electron chi connectivity index (χ0n) is 12.2. The number of carboxylic acids is 1. The molecule has 4 rings (SSSR count). The van der Waals surface area contributed by atoms with Crippen LogP contribution in [0.2, 0.25) is 0 Å². The molecule has 3 nitrogen and oxygen atoms in total. The molecule has 1 aliphatic heterocycles. The third-order valence-corrected chi connectivity index (χ3v) is 5.08. The fourth-order valence-electron chi connectivity index (χ4n) is 3.36. The minimum atomic E-state index is -1.30. The molecule has 1 aliphatic carbocycles. The number of carboxylic acid groups (broad SMARTS) is 1. The molecule has 114 valence electrons. The maximum atomic E-state index is 11.6. The lowest BCUT2D eigenvalue weighted by atomic mass is 9.88. The number of halogens is 1. The number of nitrogens with zero attached hydrogens (tertiary/aromatic N) is 1. The maximum absolute atomic E-state index is 11.6. The summed E-state index contributed by atoms with van der Waals surface area (Å²) in [5.41, 5.74) is 5.53. The van der Waals surface area contributed by atoms with Gasteiger partial charge in [-0.2, -0.15) is 0 Å². The Labute approximate surface area is 138 Å². The zero-order valence-corrected chi connectivity index (χ0v) is 13.0. The quantitative estimate of drug-likeness (QED) is 0.572. The standard InChI is InChI=1S/C19H14ClNO2/c20-19(17(18(22)23)6-3-9-21-19)14-8-7-13-10-12-4-1-2-5-15(12)16(13)11-14/h1-9,11,17H,10H2,(H,22,23). The summed E-state index contributed by atoms with van der Waals surface area (Å²) in [5, 5.41) is 9.48. The van der Waals surface area contributed by atoms with Crippen LogP contribution in [0, 0.1) is 5.92 Å². The van der Waals surface area contributed by atoms with E-state index in [9.17, 15) is 9.90 Å². The second-order valence-electron chi connectivity index (χ2n) is 5.86. The molecule has 0 saturated carbocycles. The highest BCUT2D eigenvalue weighted by Gasteiger charge is 2.43. The number of alkyl halides is 1. The number of rotatable bonds is 2. The van der Waals surface area contributed by atoms with E-state index in [1.807, 2.05) is 30.3 Å². The summed E-state index contributed by atoms with van der Waals surface area (Å²) in [7, 11) is 0. The summed E-state index contributed by atoms with van der Waals surface area (Å²) in [6.45, 7) is 0. The predicted octanol–water partition coefficient (Wildman–Crippen LogP) is 3.99. The van der Waals surface area contributed by atoms with Crippen LogP contribution in [0.1, 0.15) is 16.7 Å². The third kappa shape index (κ3) is 2.12. The number of hydrogen-bond donors (Lipinski definition) is 1. The van der Waals surface area contributed by atoms with Crippen molar-refractivity contribution in [3.8, 4) is 11.1 Å². The van der Waals surface area contributed by atoms with E-state index < -0.39 is 16.9 Å². The average Bonchev–Trinajstić information content (AvgIpc) is 2.92. The van der Waals surface area contributed by atoms with E-state index in [2.05, 4.69) is 17.1 Å². The molecule has 0 aromatic heterocycles. The normalized spacial score (nSPS) is 24.3. The lowest BCUT2D eigenvalue weighted by molar-refractivity contribution is -0.141. The summed E-state index contributed by atoms with van der Waals surface area (Å²) in [4.78, 5) is 14.6. The highest BCUT2D eigenvalue weighted by atomic mass is 35.5. The van der Waals surface area contributed by atoms with Crippen molar-refractivity contribution in [3.63, 3.8) is 0 Å². The van der Waals surface area contributed by atoms with Crippen LogP contribution in [0.3, 0.4) is 0 Å². The first-order chi connectivity index (χ1) is 11.1. The lowest BCUT2D eigenvalue weighted by Gasteiger charge is -2.30. The van der Waals surface area contributed by atoms with Gasteiger partial charge in [-0.1, -0.05) is 54.1 Å². The first-order valence-electron chi connectivity index (χ1n) is 7.45. The molecule has 1 N–H and O–H groups in total. The Hall–Kier alpha value is -2.39. The number of carbonyl (C=O) groups is 1. The van der Waals surface area contributed by atoms with Gasteiger partial charge in [0.25, 0.3) is 0 Å². The third-order valence-electron chi connectivity index (χ3n) is 4.53. The van der Waals surface area contributed by atoms with Gasteiger partial charge >= 0.3 is 5.97 Å². The first kappa shape index (κ1) is 14.2. The van der Waals surface area contributed by atoms with Crippen molar-refractivity contribution >= 4 is 23.8 Å². The molecule has 2 aromatic rings. The summed E-state index contributed by atoms with van der Waals surface area (Å²) in [6, 6.07) is 14.2. The van der Waals surface area contributed by atoms with Crippen molar-refractivity contribution < 1.29 is 9.90 Å². The van der Waals surface area contributed by atoms with E-state index in [0.717, 1.165) is 12.0 Å². The molecular formula is C19H14ClNO2. The molecule has 0 bridgehead atoms. The highest BCUT2D eigenvalue weighted by molar-refractivity contribution is 6.26. The van der Waals surface area contributed by atoms with Gasteiger partial charge in [0.05, 0.1) is 0 Å². The summed E-state index contributed by atoms with van der Waals surface area (Å²) in [6.07, 6.45) is 5.67. The zero-order chi connectivity index (χ0) is 16.0. The van der Waals surface area contributed by atoms with E-state index in [1.54, 1.807) is 18.4 Å². The molecule has 0 saturated heterocycles. The Morgan fingerprint density at radius 3 is 2.78 bits per heavy atom. The van der Waals surface area contributed by atoms with E-state index in [-0.39, 0.29) is 0 Å². The molecule has 2 atom stereocenters. The Morgan fingerprint density at radius 1 is 1.17 bits per heavy atom. The van der Waals surface area contributed by atoms with Crippen molar-refractivity contribution in [2.75, 3.05) is 0 Å². The largest absolute Gasteiger partial charge is 0.481 e. The number of hydrogen-bond acceptors (Lipinski definition) is 2. The predicted molar refractivity (Wildman–Crippen MR) is 91.0 cm³/mol. The number of fused-ring (bicyclic) bond motifs is 3. The Kier molecular flexibility index (Phi) is 3.13. The van der Waals surface area contributed by atoms with Gasteiger partial charge in [-0.15, -0.1) is 0 Å². The minimum absolute atomic E-state index is 0.711. The van der Waals surface area contributed by atoms with Crippen molar-refractivity contribution in [1.82, 2.24) is 0 Å². The van der Waals surface area contributed by atoms with E-state index in [1.165, 1.54) is 16.7 Å². The first-order valence-corrected chi connectivity index (χ1v) is 7.83. The minimum Gasteiger partial charge on any atom is -0.481 e. The highest BCUT2D eigenvalue weighted by Crippen LogP contribution is 2.44.